The van der Waals surface area contributed by atoms with Gasteiger partial charge in [0.15, 0.2) is 0 Å². The summed E-state index contributed by atoms with van der Waals surface area (Å²) in [6, 6.07) is 2.93. The SMILES string of the molecule is CCCNC(Cc1c(F)ccc(Br)c1F)CC1CCC1. The van der Waals surface area contributed by atoms with Gasteiger partial charge in [-0.3, -0.25) is 0 Å². The van der Waals surface area contributed by atoms with Gasteiger partial charge < -0.3 is 5.32 Å². The van der Waals surface area contributed by atoms with Gasteiger partial charge in [0, 0.05) is 11.6 Å². The maximum Gasteiger partial charge on any atom is 0.143 e. The average molecular weight is 346 g/mol. The van der Waals surface area contributed by atoms with Crippen molar-refractivity contribution in [2.45, 2.75) is 51.5 Å². The standard InChI is InChI=1S/C16H22BrF2N/c1-2-8-20-12(9-11-4-3-5-11)10-13-15(18)7-6-14(17)16(13)19/h6-7,11-12,20H,2-5,8-10H2,1H3. The molecule has 0 aromatic heterocycles. The highest BCUT2D eigenvalue weighted by atomic mass is 79.9. The van der Waals surface area contributed by atoms with Crippen LogP contribution in [0, 0.1) is 17.6 Å². The first-order chi connectivity index (χ1) is 9.61. The van der Waals surface area contributed by atoms with Crippen LogP contribution in [0.4, 0.5) is 8.78 Å². The molecule has 1 aliphatic rings. The Bertz CT molecular complexity index is 446. The highest BCUT2D eigenvalue weighted by Gasteiger charge is 2.24. The van der Waals surface area contributed by atoms with Gasteiger partial charge in [-0.15, -0.1) is 0 Å². The Morgan fingerprint density at radius 3 is 2.70 bits per heavy atom. The van der Waals surface area contributed by atoms with Gasteiger partial charge in [-0.1, -0.05) is 26.2 Å². The normalized spacial score (nSPS) is 17.0. The van der Waals surface area contributed by atoms with Crippen LogP contribution in [0.2, 0.25) is 0 Å². The van der Waals surface area contributed by atoms with Gasteiger partial charge in [0.05, 0.1) is 4.47 Å². The van der Waals surface area contributed by atoms with Crippen LogP contribution in [0.5, 0.6) is 0 Å². The van der Waals surface area contributed by atoms with Crippen LogP contribution >= 0.6 is 15.9 Å². The summed E-state index contributed by atoms with van der Waals surface area (Å²) in [7, 11) is 0. The Hall–Kier alpha value is -0.480. The highest BCUT2D eigenvalue weighted by molar-refractivity contribution is 9.10. The summed E-state index contributed by atoms with van der Waals surface area (Å²) >= 11 is 3.14. The molecule has 20 heavy (non-hydrogen) atoms. The van der Waals surface area contributed by atoms with Crippen LogP contribution in [0.15, 0.2) is 16.6 Å². The maximum absolute atomic E-state index is 14.1. The van der Waals surface area contributed by atoms with Crippen molar-refractivity contribution in [3.63, 3.8) is 0 Å². The molecule has 0 spiro atoms. The lowest BCUT2D eigenvalue weighted by molar-refractivity contribution is 0.257. The van der Waals surface area contributed by atoms with E-state index in [0.717, 1.165) is 25.3 Å². The monoisotopic (exact) mass is 345 g/mol. The first-order valence-electron chi connectivity index (χ1n) is 7.47. The van der Waals surface area contributed by atoms with Crippen molar-refractivity contribution in [2.24, 2.45) is 5.92 Å². The molecule has 1 N–H and O–H groups in total. The molecule has 0 amide bonds. The van der Waals surface area contributed by atoms with Crippen LogP contribution in [-0.4, -0.2) is 12.6 Å². The number of rotatable bonds is 7. The van der Waals surface area contributed by atoms with E-state index in [1.54, 1.807) is 0 Å². The molecule has 112 valence electrons. The minimum absolute atomic E-state index is 0.165. The van der Waals surface area contributed by atoms with E-state index < -0.39 is 11.6 Å². The predicted octanol–water partition coefficient (Wildman–Crippen LogP) is 4.83. The topological polar surface area (TPSA) is 12.0 Å². The van der Waals surface area contributed by atoms with Crippen molar-refractivity contribution in [1.82, 2.24) is 5.32 Å². The van der Waals surface area contributed by atoms with Crippen molar-refractivity contribution in [3.8, 4) is 0 Å². The molecule has 2 rings (SSSR count). The molecule has 4 heteroatoms. The Kier molecular flexibility index (Phi) is 5.97. The molecule has 1 atom stereocenters. The molecule has 1 fully saturated rings. The van der Waals surface area contributed by atoms with E-state index in [-0.39, 0.29) is 11.6 Å². The number of hydrogen-bond acceptors (Lipinski definition) is 1. The van der Waals surface area contributed by atoms with Gasteiger partial charge in [0.25, 0.3) is 0 Å². The minimum Gasteiger partial charge on any atom is -0.314 e. The van der Waals surface area contributed by atoms with Crippen molar-refractivity contribution in [3.05, 3.63) is 33.8 Å². The summed E-state index contributed by atoms with van der Waals surface area (Å²) in [4.78, 5) is 0. The van der Waals surface area contributed by atoms with E-state index in [4.69, 9.17) is 0 Å². The second-order valence-electron chi connectivity index (χ2n) is 5.71. The lowest BCUT2D eigenvalue weighted by atomic mass is 9.80. The first-order valence-corrected chi connectivity index (χ1v) is 8.26. The quantitative estimate of drug-likeness (QED) is 0.698. The van der Waals surface area contributed by atoms with E-state index in [2.05, 4.69) is 28.2 Å². The van der Waals surface area contributed by atoms with E-state index in [1.807, 2.05) is 0 Å². The number of halogens is 3. The molecule has 1 nitrogen and oxygen atoms in total. The first kappa shape index (κ1) is 15.9. The third-order valence-corrected chi connectivity index (χ3v) is 4.73. The Balaban J connectivity index is 2.07. The summed E-state index contributed by atoms with van der Waals surface area (Å²) in [5, 5.41) is 3.44. The Labute approximate surface area is 128 Å². The Morgan fingerprint density at radius 1 is 1.35 bits per heavy atom. The molecule has 1 unspecified atom stereocenters. The van der Waals surface area contributed by atoms with Crippen molar-refractivity contribution in [2.75, 3.05) is 6.54 Å². The van der Waals surface area contributed by atoms with E-state index in [1.165, 1.54) is 31.4 Å². The Morgan fingerprint density at radius 2 is 2.10 bits per heavy atom. The van der Waals surface area contributed by atoms with Gasteiger partial charge in [0.2, 0.25) is 0 Å². The molecule has 0 bridgehead atoms. The predicted molar refractivity (Wildman–Crippen MR) is 81.8 cm³/mol. The zero-order valence-corrected chi connectivity index (χ0v) is 13.5. The molecule has 1 saturated carbocycles. The molecule has 0 heterocycles. The molecular weight excluding hydrogens is 324 g/mol. The summed E-state index contributed by atoms with van der Waals surface area (Å²) in [6.45, 7) is 3.00. The molecule has 1 aliphatic carbocycles. The summed E-state index contributed by atoms with van der Waals surface area (Å²) < 4.78 is 28.3. The van der Waals surface area contributed by atoms with E-state index in [9.17, 15) is 8.78 Å². The maximum atomic E-state index is 14.1. The summed E-state index contributed by atoms with van der Waals surface area (Å²) in [5.41, 5.74) is 0.201. The molecular formula is C16H22BrF2N. The largest absolute Gasteiger partial charge is 0.314 e. The smallest absolute Gasteiger partial charge is 0.143 e. The second kappa shape index (κ2) is 7.51. The zero-order valence-electron chi connectivity index (χ0n) is 11.9. The van der Waals surface area contributed by atoms with Crippen LogP contribution in [0.25, 0.3) is 0 Å². The number of nitrogens with one attached hydrogen (secondary N) is 1. The zero-order chi connectivity index (χ0) is 14.5. The molecule has 1 aromatic rings. The van der Waals surface area contributed by atoms with Crippen molar-refractivity contribution in [1.29, 1.82) is 0 Å². The van der Waals surface area contributed by atoms with Gasteiger partial charge >= 0.3 is 0 Å². The van der Waals surface area contributed by atoms with Crippen LogP contribution in [-0.2, 0) is 6.42 Å². The van der Waals surface area contributed by atoms with Crippen LogP contribution in [0.3, 0.4) is 0 Å². The van der Waals surface area contributed by atoms with Crippen molar-refractivity contribution < 1.29 is 8.78 Å². The van der Waals surface area contributed by atoms with Gasteiger partial charge in [-0.2, -0.15) is 0 Å². The van der Waals surface area contributed by atoms with Gasteiger partial charge in [-0.25, -0.2) is 8.78 Å². The average Bonchev–Trinajstić information content (AvgIpc) is 2.39. The summed E-state index contributed by atoms with van der Waals surface area (Å²) in [5.74, 6) is -0.174. The van der Waals surface area contributed by atoms with Crippen molar-refractivity contribution >= 4 is 15.9 Å². The third kappa shape index (κ3) is 4.01. The molecule has 1 aromatic carbocycles. The van der Waals surface area contributed by atoms with E-state index >= 15 is 0 Å². The van der Waals surface area contributed by atoms with Crippen LogP contribution < -0.4 is 5.32 Å². The second-order valence-corrected chi connectivity index (χ2v) is 6.56. The number of benzene rings is 1. The lowest BCUT2D eigenvalue weighted by Gasteiger charge is -2.30. The fourth-order valence-corrected chi connectivity index (χ4v) is 3.09. The fourth-order valence-electron chi connectivity index (χ4n) is 2.72. The molecule has 0 aliphatic heterocycles. The number of hydrogen-bond donors (Lipinski definition) is 1. The summed E-state index contributed by atoms with van der Waals surface area (Å²) in [6.07, 6.45) is 6.29. The van der Waals surface area contributed by atoms with Gasteiger partial charge in [-0.05, 0) is 59.8 Å². The van der Waals surface area contributed by atoms with Gasteiger partial charge in [0.1, 0.15) is 11.6 Å². The third-order valence-electron chi connectivity index (χ3n) is 4.12. The van der Waals surface area contributed by atoms with Crippen LogP contribution in [0.1, 0.15) is 44.6 Å². The highest BCUT2D eigenvalue weighted by Crippen LogP contribution is 2.32. The lowest BCUT2D eigenvalue weighted by Crippen LogP contribution is -2.35. The molecule has 0 saturated heterocycles. The molecule has 0 radical (unpaired) electrons. The minimum atomic E-state index is -0.457. The fraction of sp³-hybridized carbons (Fsp3) is 0.625. The van der Waals surface area contributed by atoms with E-state index in [0.29, 0.717) is 10.9 Å².